The van der Waals surface area contributed by atoms with Crippen LogP contribution in [0.5, 0.6) is 0 Å². The molecule has 1 aromatic carbocycles. The van der Waals surface area contributed by atoms with Crippen molar-refractivity contribution < 1.29 is 19.5 Å². The monoisotopic (exact) mass is 261 g/mol. The number of aliphatic carboxylic acids is 1. The topological polar surface area (TPSA) is 74.7 Å². The molecule has 0 bridgehead atoms. The van der Waals surface area contributed by atoms with Crippen molar-refractivity contribution in [3.63, 3.8) is 0 Å². The van der Waals surface area contributed by atoms with Gasteiger partial charge in [0.25, 0.3) is 11.8 Å². The van der Waals surface area contributed by atoms with E-state index in [9.17, 15) is 14.4 Å². The zero-order valence-corrected chi connectivity index (χ0v) is 11.1. The van der Waals surface area contributed by atoms with E-state index in [2.05, 4.69) is 0 Å². The minimum absolute atomic E-state index is 0.131. The van der Waals surface area contributed by atoms with Crippen molar-refractivity contribution in [1.29, 1.82) is 0 Å². The highest BCUT2D eigenvalue weighted by Gasteiger charge is 2.40. The first kappa shape index (κ1) is 13.3. The Morgan fingerprint density at radius 2 is 1.79 bits per heavy atom. The van der Waals surface area contributed by atoms with E-state index >= 15 is 0 Å². The van der Waals surface area contributed by atoms with Crippen LogP contribution in [0.2, 0.25) is 0 Å². The smallest absolute Gasteiger partial charge is 0.310 e. The zero-order valence-electron chi connectivity index (χ0n) is 11.1. The molecule has 0 atom stereocenters. The molecule has 5 nitrogen and oxygen atoms in total. The Morgan fingerprint density at radius 1 is 1.21 bits per heavy atom. The molecule has 0 unspecified atom stereocenters. The first-order chi connectivity index (χ1) is 8.74. The molecule has 0 aliphatic carbocycles. The number of carbonyl (C=O) groups excluding carboxylic acids is 2. The van der Waals surface area contributed by atoms with Crippen LogP contribution in [0.3, 0.4) is 0 Å². The molecule has 19 heavy (non-hydrogen) atoms. The minimum Gasteiger partial charge on any atom is -0.481 e. The van der Waals surface area contributed by atoms with Crippen LogP contribution < -0.4 is 0 Å². The van der Waals surface area contributed by atoms with E-state index in [1.807, 2.05) is 6.92 Å². The van der Waals surface area contributed by atoms with Gasteiger partial charge in [0.2, 0.25) is 0 Å². The number of benzene rings is 1. The van der Waals surface area contributed by atoms with Gasteiger partial charge in [-0.25, -0.2) is 0 Å². The van der Waals surface area contributed by atoms with E-state index in [1.54, 1.807) is 18.2 Å². The van der Waals surface area contributed by atoms with Gasteiger partial charge < -0.3 is 5.11 Å². The molecule has 0 aromatic heterocycles. The Balaban J connectivity index is 2.36. The van der Waals surface area contributed by atoms with Gasteiger partial charge in [0, 0.05) is 6.54 Å². The van der Waals surface area contributed by atoms with Gasteiger partial charge in [0.05, 0.1) is 16.5 Å². The van der Waals surface area contributed by atoms with Gasteiger partial charge in [-0.1, -0.05) is 11.6 Å². The van der Waals surface area contributed by atoms with E-state index in [-0.39, 0.29) is 6.54 Å². The number of imide groups is 1. The molecule has 0 saturated heterocycles. The predicted molar refractivity (Wildman–Crippen MR) is 68.0 cm³/mol. The lowest BCUT2D eigenvalue weighted by Crippen LogP contribution is -2.42. The van der Waals surface area contributed by atoms with Crippen LogP contribution in [-0.4, -0.2) is 34.3 Å². The average Bonchev–Trinajstić information content (AvgIpc) is 2.54. The largest absolute Gasteiger partial charge is 0.481 e. The van der Waals surface area contributed by atoms with Crippen molar-refractivity contribution in [3.8, 4) is 0 Å². The number of carboxylic acids is 1. The standard InChI is InChI=1S/C14H15NO4/c1-8-4-5-9-10(6-8)12(17)15(11(9)16)7-14(2,3)13(18)19/h4-6H,7H2,1-3H3,(H,18,19). The molecule has 100 valence electrons. The molecule has 1 aliphatic heterocycles. The molecular formula is C14H15NO4. The second kappa shape index (κ2) is 4.19. The second-order valence-electron chi connectivity index (χ2n) is 5.43. The summed E-state index contributed by atoms with van der Waals surface area (Å²) in [6.45, 7) is 4.68. The molecule has 1 aliphatic rings. The lowest BCUT2D eigenvalue weighted by atomic mass is 9.93. The maximum Gasteiger partial charge on any atom is 0.310 e. The summed E-state index contributed by atoms with van der Waals surface area (Å²) in [6.07, 6.45) is 0. The molecule has 0 radical (unpaired) electrons. The summed E-state index contributed by atoms with van der Waals surface area (Å²) in [7, 11) is 0. The van der Waals surface area contributed by atoms with Crippen molar-refractivity contribution >= 4 is 17.8 Å². The fraction of sp³-hybridized carbons (Fsp3) is 0.357. The van der Waals surface area contributed by atoms with Crippen LogP contribution in [0.4, 0.5) is 0 Å². The maximum atomic E-state index is 12.2. The molecular weight excluding hydrogens is 246 g/mol. The highest BCUT2D eigenvalue weighted by molar-refractivity contribution is 6.21. The number of aryl methyl sites for hydroxylation is 1. The van der Waals surface area contributed by atoms with Gasteiger partial charge in [-0.05, 0) is 32.9 Å². The third-order valence-corrected chi connectivity index (χ3v) is 3.26. The van der Waals surface area contributed by atoms with Gasteiger partial charge in [-0.15, -0.1) is 0 Å². The van der Waals surface area contributed by atoms with Gasteiger partial charge in [-0.2, -0.15) is 0 Å². The van der Waals surface area contributed by atoms with Gasteiger partial charge in [0.1, 0.15) is 0 Å². The normalized spacial score (nSPS) is 14.8. The number of hydrogen-bond donors (Lipinski definition) is 1. The van der Waals surface area contributed by atoms with E-state index in [0.29, 0.717) is 11.1 Å². The van der Waals surface area contributed by atoms with Crippen LogP contribution in [0.15, 0.2) is 18.2 Å². The van der Waals surface area contributed by atoms with E-state index in [4.69, 9.17) is 5.11 Å². The van der Waals surface area contributed by atoms with E-state index < -0.39 is 23.2 Å². The van der Waals surface area contributed by atoms with Gasteiger partial charge in [-0.3, -0.25) is 19.3 Å². The molecule has 1 heterocycles. The van der Waals surface area contributed by atoms with Crippen molar-refractivity contribution in [2.45, 2.75) is 20.8 Å². The van der Waals surface area contributed by atoms with Crippen molar-refractivity contribution in [3.05, 3.63) is 34.9 Å². The minimum atomic E-state index is -1.16. The lowest BCUT2D eigenvalue weighted by Gasteiger charge is -2.24. The van der Waals surface area contributed by atoms with E-state index in [0.717, 1.165) is 10.5 Å². The Kier molecular flexibility index (Phi) is 2.92. The first-order valence-electron chi connectivity index (χ1n) is 5.94. The maximum absolute atomic E-state index is 12.2. The second-order valence-corrected chi connectivity index (χ2v) is 5.43. The van der Waals surface area contributed by atoms with Crippen LogP contribution in [0.25, 0.3) is 0 Å². The van der Waals surface area contributed by atoms with Crippen LogP contribution in [0.1, 0.15) is 40.1 Å². The molecule has 0 saturated carbocycles. The summed E-state index contributed by atoms with van der Waals surface area (Å²) >= 11 is 0. The molecule has 2 rings (SSSR count). The van der Waals surface area contributed by atoms with Crippen LogP contribution in [-0.2, 0) is 4.79 Å². The summed E-state index contributed by atoms with van der Waals surface area (Å²) < 4.78 is 0. The molecule has 1 aromatic rings. The summed E-state index contributed by atoms with van der Waals surface area (Å²) in [5.74, 6) is -1.88. The summed E-state index contributed by atoms with van der Waals surface area (Å²) in [5, 5.41) is 9.09. The number of hydrogen-bond acceptors (Lipinski definition) is 3. The SMILES string of the molecule is Cc1ccc2c(c1)C(=O)N(CC(C)(C)C(=O)O)C2=O. The van der Waals surface area contributed by atoms with Crippen molar-refractivity contribution in [1.82, 2.24) is 4.90 Å². The number of carboxylic acid groups (broad SMARTS) is 1. The van der Waals surface area contributed by atoms with Gasteiger partial charge in [0.15, 0.2) is 0 Å². The Morgan fingerprint density at radius 3 is 2.37 bits per heavy atom. The summed E-state index contributed by atoms with van der Waals surface area (Å²) in [4.78, 5) is 36.4. The Labute approximate surface area is 110 Å². The average molecular weight is 261 g/mol. The highest BCUT2D eigenvalue weighted by Crippen LogP contribution is 2.27. The molecule has 0 spiro atoms. The lowest BCUT2D eigenvalue weighted by molar-refractivity contribution is -0.147. The Bertz CT molecular complexity index is 589. The number of rotatable bonds is 3. The third kappa shape index (κ3) is 2.12. The fourth-order valence-electron chi connectivity index (χ4n) is 2.01. The van der Waals surface area contributed by atoms with Crippen molar-refractivity contribution in [2.24, 2.45) is 5.41 Å². The number of carbonyl (C=O) groups is 3. The third-order valence-electron chi connectivity index (χ3n) is 3.26. The molecule has 0 fully saturated rings. The first-order valence-corrected chi connectivity index (χ1v) is 5.94. The number of fused-ring (bicyclic) bond motifs is 1. The number of amides is 2. The molecule has 1 N–H and O–H groups in total. The fourth-order valence-corrected chi connectivity index (χ4v) is 2.01. The quantitative estimate of drug-likeness (QED) is 0.840. The zero-order chi connectivity index (χ0) is 14.4. The highest BCUT2D eigenvalue weighted by atomic mass is 16.4. The summed E-state index contributed by atoms with van der Waals surface area (Å²) in [5.41, 5.74) is 0.421. The molecule has 2 amide bonds. The molecule has 5 heteroatoms. The summed E-state index contributed by atoms with van der Waals surface area (Å²) in [6, 6.07) is 5.03. The van der Waals surface area contributed by atoms with E-state index in [1.165, 1.54) is 13.8 Å². The van der Waals surface area contributed by atoms with Crippen LogP contribution in [0, 0.1) is 12.3 Å². The van der Waals surface area contributed by atoms with Crippen LogP contribution >= 0.6 is 0 Å². The van der Waals surface area contributed by atoms with Crippen molar-refractivity contribution in [2.75, 3.05) is 6.54 Å². The number of nitrogens with zero attached hydrogens (tertiary/aromatic N) is 1. The van der Waals surface area contributed by atoms with Gasteiger partial charge >= 0.3 is 5.97 Å². The predicted octanol–water partition coefficient (Wildman–Crippen LogP) is 1.70. The Hall–Kier alpha value is -2.17.